The van der Waals surface area contributed by atoms with Crippen LogP contribution in [-0.4, -0.2) is 57.2 Å². The van der Waals surface area contributed by atoms with E-state index in [4.69, 9.17) is 4.74 Å². The molecule has 1 atom stereocenters. The Hall–Kier alpha value is -3.37. The summed E-state index contributed by atoms with van der Waals surface area (Å²) in [4.78, 5) is 42.1. The van der Waals surface area contributed by atoms with Gasteiger partial charge in [0.1, 0.15) is 17.5 Å². The van der Waals surface area contributed by atoms with Crippen LogP contribution >= 0.6 is 23.1 Å². The van der Waals surface area contributed by atoms with Crippen molar-refractivity contribution in [3.63, 3.8) is 0 Å². The maximum atomic E-state index is 12.7. The molecule has 0 saturated carbocycles. The molecule has 1 fully saturated rings. The van der Waals surface area contributed by atoms with Crippen molar-refractivity contribution in [1.29, 1.82) is 0 Å². The zero-order chi connectivity index (χ0) is 22.9. The fraction of sp³-hybridized carbons (Fsp3) is 0.217. The molecule has 2 aliphatic rings. The van der Waals surface area contributed by atoms with Gasteiger partial charge in [-0.25, -0.2) is 14.6 Å². The summed E-state index contributed by atoms with van der Waals surface area (Å²) in [6.07, 6.45) is 0.680. The molecule has 1 aliphatic heterocycles. The third kappa shape index (κ3) is 4.07. The lowest BCUT2D eigenvalue weighted by Crippen LogP contribution is -2.41. The van der Waals surface area contributed by atoms with Crippen molar-refractivity contribution >= 4 is 46.2 Å². The minimum atomic E-state index is -1.03. The highest BCUT2D eigenvalue weighted by Crippen LogP contribution is 2.44. The number of nitrogens with zero attached hydrogens (tertiary/aromatic N) is 2. The summed E-state index contributed by atoms with van der Waals surface area (Å²) in [6.45, 7) is 0.169. The van der Waals surface area contributed by atoms with Crippen molar-refractivity contribution in [3.05, 3.63) is 70.7 Å². The number of anilines is 1. The third-order valence-electron chi connectivity index (χ3n) is 5.70. The monoisotopic (exact) mass is 481 g/mol. The number of fused-ring (bicyclic) bond motifs is 3. The summed E-state index contributed by atoms with van der Waals surface area (Å²) in [5.74, 6) is -0.842. The number of nitrogens with one attached hydrogen (secondary N) is 1. The van der Waals surface area contributed by atoms with Crippen LogP contribution in [0.4, 0.5) is 9.93 Å². The number of ether oxygens (including phenoxy) is 1. The van der Waals surface area contributed by atoms with Crippen LogP contribution in [0.2, 0.25) is 0 Å². The Balaban J connectivity index is 1.23. The fourth-order valence-corrected chi connectivity index (χ4v) is 6.04. The zero-order valence-electron chi connectivity index (χ0n) is 17.3. The van der Waals surface area contributed by atoms with Crippen LogP contribution in [-0.2, 0) is 9.53 Å². The number of aromatic nitrogens is 1. The number of carboxylic acid groups (broad SMARTS) is 1. The highest BCUT2D eigenvalue weighted by Gasteiger charge is 2.36. The Labute approximate surface area is 197 Å². The third-order valence-corrected chi connectivity index (χ3v) is 7.61. The van der Waals surface area contributed by atoms with E-state index in [9.17, 15) is 19.5 Å². The van der Waals surface area contributed by atoms with Crippen LogP contribution in [0.25, 0.3) is 11.1 Å². The van der Waals surface area contributed by atoms with Gasteiger partial charge in [0.2, 0.25) is 0 Å². The minimum absolute atomic E-state index is 0.0581. The number of aliphatic carboxylic acids is 1. The molecule has 10 heteroatoms. The van der Waals surface area contributed by atoms with E-state index in [1.165, 1.54) is 22.9 Å². The lowest BCUT2D eigenvalue weighted by Gasteiger charge is -2.19. The number of hydrogen-bond donors (Lipinski definition) is 2. The Morgan fingerprint density at radius 2 is 1.76 bits per heavy atom. The van der Waals surface area contributed by atoms with Crippen LogP contribution in [0.5, 0.6) is 0 Å². The molecule has 168 valence electrons. The number of carbonyl (C=O) groups excluding carboxylic acids is 2. The van der Waals surface area contributed by atoms with Crippen LogP contribution < -0.4 is 5.32 Å². The van der Waals surface area contributed by atoms with Gasteiger partial charge in [-0.3, -0.25) is 10.1 Å². The molecule has 2 aromatic carbocycles. The lowest BCUT2D eigenvalue weighted by molar-refractivity contribution is -0.140. The van der Waals surface area contributed by atoms with E-state index in [1.807, 2.05) is 36.4 Å². The summed E-state index contributed by atoms with van der Waals surface area (Å²) in [7, 11) is 0. The molecule has 5 rings (SSSR count). The van der Waals surface area contributed by atoms with Crippen LogP contribution in [0.1, 0.15) is 26.7 Å². The standard InChI is InChI=1S/C23H19N3O5S2/c27-20(26-12-32-11-18(26)21(28)29)19-9-24-22(33-19)25-23(30)31-10-17-15-7-3-1-5-13(15)14-6-2-4-8-16(14)17/h1-9,17-18H,10-12H2,(H,28,29)(H,24,25,30). The molecule has 33 heavy (non-hydrogen) atoms. The lowest BCUT2D eigenvalue weighted by atomic mass is 9.98. The van der Waals surface area contributed by atoms with Gasteiger partial charge in [0.15, 0.2) is 5.13 Å². The maximum absolute atomic E-state index is 12.7. The molecule has 3 aromatic rings. The van der Waals surface area contributed by atoms with Crippen molar-refractivity contribution in [2.45, 2.75) is 12.0 Å². The van der Waals surface area contributed by atoms with Crippen molar-refractivity contribution in [2.75, 3.05) is 23.6 Å². The minimum Gasteiger partial charge on any atom is -0.480 e. The van der Waals surface area contributed by atoms with Crippen LogP contribution in [0.3, 0.4) is 0 Å². The van der Waals surface area contributed by atoms with Gasteiger partial charge >= 0.3 is 12.1 Å². The molecule has 8 nitrogen and oxygen atoms in total. The number of benzene rings is 2. The average molecular weight is 482 g/mol. The topological polar surface area (TPSA) is 109 Å². The van der Waals surface area contributed by atoms with E-state index >= 15 is 0 Å². The Kier molecular flexibility index (Phi) is 5.77. The number of rotatable bonds is 5. The molecule has 1 aliphatic carbocycles. The van der Waals surface area contributed by atoms with Gasteiger partial charge in [-0.15, -0.1) is 11.8 Å². The number of amides is 2. The number of thiazole rings is 1. The molecule has 0 radical (unpaired) electrons. The van der Waals surface area contributed by atoms with Crippen LogP contribution in [0.15, 0.2) is 54.7 Å². The summed E-state index contributed by atoms with van der Waals surface area (Å²) < 4.78 is 5.50. The molecule has 0 spiro atoms. The van der Waals surface area contributed by atoms with E-state index in [2.05, 4.69) is 22.4 Å². The van der Waals surface area contributed by atoms with Gasteiger partial charge in [-0.05, 0) is 22.3 Å². The number of carboxylic acids is 1. The average Bonchev–Trinajstić information content (AvgIpc) is 3.55. The molecule has 1 aromatic heterocycles. The highest BCUT2D eigenvalue weighted by molar-refractivity contribution is 7.99. The summed E-state index contributed by atoms with van der Waals surface area (Å²) in [6, 6.07) is 15.3. The SMILES string of the molecule is O=C(Nc1ncc(C(=O)N2CSCC2C(=O)O)s1)OCC1c2ccccc2-c2ccccc21. The number of thioether (sulfide) groups is 1. The first-order chi connectivity index (χ1) is 16.0. The predicted molar refractivity (Wildman–Crippen MR) is 126 cm³/mol. The van der Waals surface area contributed by atoms with Crippen molar-refractivity contribution in [2.24, 2.45) is 0 Å². The Morgan fingerprint density at radius 3 is 2.42 bits per heavy atom. The Bertz CT molecular complexity index is 1200. The fourth-order valence-electron chi connectivity index (χ4n) is 4.14. The molecular formula is C23H19N3O5S2. The zero-order valence-corrected chi connectivity index (χ0v) is 18.9. The first kappa shape index (κ1) is 21.5. The van der Waals surface area contributed by atoms with Gasteiger partial charge < -0.3 is 14.7 Å². The first-order valence-corrected chi connectivity index (χ1v) is 12.2. The normalized spacial score (nSPS) is 16.8. The van der Waals surface area contributed by atoms with Gasteiger partial charge in [0.05, 0.1) is 12.1 Å². The van der Waals surface area contributed by atoms with E-state index in [0.29, 0.717) is 11.6 Å². The molecular weight excluding hydrogens is 462 g/mol. The predicted octanol–water partition coefficient (Wildman–Crippen LogP) is 4.10. The second-order valence-electron chi connectivity index (χ2n) is 7.61. The first-order valence-electron chi connectivity index (χ1n) is 10.2. The van der Waals surface area contributed by atoms with E-state index in [1.54, 1.807) is 0 Å². The number of carbonyl (C=O) groups is 3. The molecule has 1 unspecified atom stereocenters. The van der Waals surface area contributed by atoms with Gasteiger partial charge in [0, 0.05) is 11.7 Å². The van der Waals surface area contributed by atoms with Crippen LogP contribution in [0, 0.1) is 0 Å². The van der Waals surface area contributed by atoms with Gasteiger partial charge in [-0.2, -0.15) is 0 Å². The molecule has 2 N–H and O–H groups in total. The molecule has 1 saturated heterocycles. The van der Waals surface area contributed by atoms with Crippen molar-refractivity contribution in [3.8, 4) is 11.1 Å². The second kappa shape index (κ2) is 8.87. The maximum Gasteiger partial charge on any atom is 0.413 e. The molecule has 2 amide bonds. The molecule has 0 bridgehead atoms. The smallest absolute Gasteiger partial charge is 0.413 e. The van der Waals surface area contributed by atoms with E-state index in [-0.39, 0.29) is 22.5 Å². The summed E-state index contributed by atoms with van der Waals surface area (Å²) >= 11 is 2.38. The van der Waals surface area contributed by atoms with Crippen molar-refractivity contribution in [1.82, 2.24) is 9.88 Å². The van der Waals surface area contributed by atoms with Crippen molar-refractivity contribution < 1.29 is 24.2 Å². The van der Waals surface area contributed by atoms with E-state index < -0.39 is 24.0 Å². The highest BCUT2D eigenvalue weighted by atomic mass is 32.2. The Morgan fingerprint density at radius 1 is 1.09 bits per heavy atom. The van der Waals surface area contributed by atoms with Gasteiger partial charge in [-0.1, -0.05) is 59.9 Å². The quantitative estimate of drug-likeness (QED) is 0.565. The van der Waals surface area contributed by atoms with Gasteiger partial charge in [0.25, 0.3) is 5.91 Å². The molecule has 2 heterocycles. The summed E-state index contributed by atoms with van der Waals surface area (Å²) in [5, 5.41) is 12.1. The largest absolute Gasteiger partial charge is 0.480 e. The second-order valence-corrected chi connectivity index (χ2v) is 9.64. The number of hydrogen-bond acceptors (Lipinski definition) is 7. The summed E-state index contributed by atoms with van der Waals surface area (Å²) in [5.41, 5.74) is 4.52. The van der Waals surface area contributed by atoms with E-state index in [0.717, 1.165) is 33.6 Å².